The summed E-state index contributed by atoms with van der Waals surface area (Å²) < 4.78 is 29.5. The van der Waals surface area contributed by atoms with Gasteiger partial charge >= 0.3 is 6.03 Å². The predicted molar refractivity (Wildman–Crippen MR) is 115 cm³/mol. The van der Waals surface area contributed by atoms with Crippen LogP contribution in [-0.4, -0.2) is 33.7 Å². The molecule has 2 amide bonds. The van der Waals surface area contributed by atoms with Gasteiger partial charge < -0.3 is 14.8 Å². The number of nitrogens with one attached hydrogen (secondary N) is 1. The number of nitrogens with zero attached hydrogens (tertiary/aromatic N) is 3. The molecule has 3 aliphatic rings. The van der Waals surface area contributed by atoms with E-state index in [0.717, 1.165) is 44.2 Å². The maximum atomic E-state index is 13.2. The van der Waals surface area contributed by atoms with Crippen molar-refractivity contribution >= 4 is 21.6 Å². The lowest BCUT2D eigenvalue weighted by molar-refractivity contribution is 0.214. The molecule has 2 aromatic rings. The predicted octanol–water partition coefficient (Wildman–Crippen LogP) is 2.72. The molecule has 3 N–H and O–H groups in total. The van der Waals surface area contributed by atoms with Gasteiger partial charge in [0.05, 0.1) is 19.9 Å². The van der Waals surface area contributed by atoms with E-state index in [9.17, 15) is 9.00 Å². The summed E-state index contributed by atoms with van der Waals surface area (Å²) in [5, 5.41) is 13.1. The minimum Gasteiger partial charge on any atom is -0.498 e. The van der Waals surface area contributed by atoms with Crippen molar-refractivity contribution in [1.29, 1.82) is 0 Å². The van der Waals surface area contributed by atoms with Gasteiger partial charge in [0.25, 0.3) is 0 Å². The average Bonchev–Trinajstić information content (AvgIpc) is 3.45. The van der Waals surface area contributed by atoms with Crippen molar-refractivity contribution in [3.05, 3.63) is 46.4 Å². The van der Waals surface area contributed by atoms with E-state index in [1.54, 1.807) is 7.11 Å². The van der Waals surface area contributed by atoms with Crippen molar-refractivity contribution in [2.24, 2.45) is 9.50 Å². The summed E-state index contributed by atoms with van der Waals surface area (Å²) in [7, 11) is -2.01. The summed E-state index contributed by atoms with van der Waals surface area (Å²) >= 11 is 0. The molecule has 1 unspecified atom stereocenters. The highest BCUT2D eigenvalue weighted by Crippen LogP contribution is 2.38. The first-order valence-corrected chi connectivity index (χ1v) is 12.0. The molecule has 2 heterocycles. The number of hydrogen-bond donors (Lipinski definition) is 2. The highest BCUT2D eigenvalue weighted by atomic mass is 32.2. The quantitative estimate of drug-likeness (QED) is 0.756. The lowest BCUT2D eigenvalue weighted by atomic mass is 9.99. The number of carbonyl (C=O) groups is 1. The number of aryl methyl sites for hydroxylation is 2. The molecule has 0 radical (unpaired) electrons. The van der Waals surface area contributed by atoms with Crippen LogP contribution in [0.2, 0.25) is 0 Å². The molecule has 164 valence electrons. The zero-order valence-corrected chi connectivity index (χ0v) is 18.2. The molecule has 2 aliphatic carbocycles. The van der Waals surface area contributed by atoms with Crippen LogP contribution in [0.5, 0.6) is 5.88 Å². The van der Waals surface area contributed by atoms with Crippen LogP contribution >= 0.6 is 0 Å². The summed E-state index contributed by atoms with van der Waals surface area (Å²) in [5.74, 6) is 0.857. The number of amides is 2. The zero-order valence-electron chi connectivity index (χ0n) is 17.3. The number of rotatable bonds is 3. The molecule has 1 aliphatic heterocycles. The molecule has 0 fully saturated rings. The maximum absolute atomic E-state index is 13.2. The lowest BCUT2D eigenvalue weighted by Gasteiger charge is -2.15. The Labute approximate surface area is 180 Å². The fourth-order valence-electron chi connectivity index (χ4n) is 4.63. The molecule has 9 nitrogen and oxygen atoms in total. The fraction of sp³-hybridized carbons (Fsp3) is 0.429. The summed E-state index contributed by atoms with van der Waals surface area (Å²) in [5.41, 5.74) is 5.77. The van der Waals surface area contributed by atoms with Crippen LogP contribution in [0.15, 0.2) is 33.4 Å². The van der Waals surface area contributed by atoms with E-state index in [2.05, 4.69) is 20.8 Å². The molecule has 1 atom stereocenters. The highest BCUT2D eigenvalue weighted by molar-refractivity contribution is 7.91. The average molecular weight is 444 g/mol. The standard InChI is InChI=1S/C21H25N5O4S/c1-29-15-8-9-26-20(30-12-15)18(11-23-26)31(22,28)25-21(27)24-19-16-6-2-4-13(16)10-14-5-3-7-17(14)19/h8,10-11H,2-7,9,12H2,1H3,(H3,22,24,25,27,28). The van der Waals surface area contributed by atoms with Crippen molar-refractivity contribution in [2.45, 2.75) is 50.0 Å². The van der Waals surface area contributed by atoms with Crippen LogP contribution in [-0.2, 0) is 46.9 Å². The Bertz CT molecular complexity index is 1190. The van der Waals surface area contributed by atoms with Gasteiger partial charge in [-0.05, 0) is 66.9 Å². The van der Waals surface area contributed by atoms with Gasteiger partial charge in [-0.2, -0.15) is 5.10 Å². The van der Waals surface area contributed by atoms with E-state index in [1.807, 2.05) is 6.08 Å². The summed E-state index contributed by atoms with van der Waals surface area (Å²) in [6.07, 6.45) is 9.20. The zero-order chi connectivity index (χ0) is 21.6. The second kappa shape index (κ2) is 7.69. The second-order valence-corrected chi connectivity index (χ2v) is 9.74. The van der Waals surface area contributed by atoms with Crippen molar-refractivity contribution < 1.29 is 18.5 Å². The Kier molecular flexibility index (Phi) is 4.98. The van der Waals surface area contributed by atoms with Crippen molar-refractivity contribution in [3.63, 3.8) is 0 Å². The van der Waals surface area contributed by atoms with Gasteiger partial charge in [0, 0.05) is 5.69 Å². The van der Waals surface area contributed by atoms with E-state index >= 15 is 0 Å². The van der Waals surface area contributed by atoms with Gasteiger partial charge in [0.15, 0.2) is 9.92 Å². The summed E-state index contributed by atoms with van der Waals surface area (Å²) in [6.45, 7) is 0.529. The van der Waals surface area contributed by atoms with Gasteiger partial charge in [-0.1, -0.05) is 6.07 Å². The van der Waals surface area contributed by atoms with Gasteiger partial charge in [0.1, 0.15) is 17.3 Å². The Hall–Kier alpha value is -2.85. The van der Waals surface area contributed by atoms with E-state index in [4.69, 9.17) is 14.6 Å². The third kappa shape index (κ3) is 3.59. The molecule has 5 rings (SSSR count). The van der Waals surface area contributed by atoms with Crippen LogP contribution in [0.25, 0.3) is 0 Å². The van der Waals surface area contributed by atoms with E-state index in [-0.39, 0.29) is 17.4 Å². The number of aromatic nitrogens is 2. The highest BCUT2D eigenvalue weighted by Gasteiger charge is 2.27. The summed E-state index contributed by atoms with van der Waals surface area (Å²) in [6, 6.07) is 1.57. The van der Waals surface area contributed by atoms with Crippen molar-refractivity contribution in [3.8, 4) is 5.88 Å². The molecular weight excluding hydrogens is 418 g/mol. The summed E-state index contributed by atoms with van der Waals surface area (Å²) in [4.78, 5) is 12.9. The number of urea groups is 1. The maximum Gasteiger partial charge on any atom is 0.354 e. The number of methoxy groups -OCH3 is 1. The van der Waals surface area contributed by atoms with Crippen molar-refractivity contribution in [1.82, 2.24) is 9.78 Å². The molecule has 31 heavy (non-hydrogen) atoms. The van der Waals surface area contributed by atoms with Gasteiger partial charge in [0.2, 0.25) is 5.88 Å². The van der Waals surface area contributed by atoms with Crippen molar-refractivity contribution in [2.75, 3.05) is 19.0 Å². The van der Waals surface area contributed by atoms with Crippen LogP contribution in [0.4, 0.5) is 10.5 Å². The number of hydrogen-bond acceptors (Lipinski definition) is 5. The Morgan fingerprint density at radius 2 is 1.97 bits per heavy atom. The number of benzene rings is 1. The topological polar surface area (TPSA) is 121 Å². The minimum atomic E-state index is -3.56. The molecule has 1 aromatic heterocycles. The Balaban J connectivity index is 1.45. The number of anilines is 1. The van der Waals surface area contributed by atoms with Crippen LogP contribution in [0.3, 0.4) is 0 Å². The van der Waals surface area contributed by atoms with Gasteiger partial charge in [-0.3, -0.25) is 0 Å². The van der Waals surface area contributed by atoms with E-state index in [1.165, 1.54) is 33.1 Å². The second-order valence-electron chi connectivity index (χ2n) is 7.98. The largest absolute Gasteiger partial charge is 0.498 e. The lowest BCUT2D eigenvalue weighted by Crippen LogP contribution is -2.19. The van der Waals surface area contributed by atoms with Crippen LogP contribution < -0.4 is 15.2 Å². The smallest absolute Gasteiger partial charge is 0.354 e. The molecule has 0 bridgehead atoms. The molecule has 0 spiro atoms. The first-order chi connectivity index (χ1) is 15.0. The normalized spacial score (nSPS) is 18.6. The van der Waals surface area contributed by atoms with E-state index in [0.29, 0.717) is 12.3 Å². The monoisotopic (exact) mass is 443 g/mol. The third-order valence-electron chi connectivity index (χ3n) is 6.10. The number of ether oxygens (including phenoxy) is 2. The first kappa shape index (κ1) is 20.1. The SMILES string of the molecule is COC1=CCn2ncc(S(N)(=O)=NC(=O)Nc3c4c(cc5c3CCC5)CCC4)c2OC1. The molecule has 0 saturated carbocycles. The third-order valence-corrected chi connectivity index (χ3v) is 7.45. The molecule has 1 aromatic carbocycles. The minimum absolute atomic E-state index is 0.0944. The molecular formula is C21H25N5O4S. The fourth-order valence-corrected chi connectivity index (χ4v) is 5.63. The first-order valence-electron chi connectivity index (χ1n) is 10.4. The van der Waals surface area contributed by atoms with Crippen LogP contribution in [0.1, 0.15) is 35.1 Å². The van der Waals surface area contributed by atoms with Gasteiger partial charge in [-0.25, -0.2) is 18.8 Å². The number of fused-ring (bicyclic) bond motifs is 3. The Morgan fingerprint density at radius 1 is 1.26 bits per heavy atom. The number of allylic oxidation sites excluding steroid dienone is 1. The number of carbonyl (C=O) groups excluding carboxylic acids is 1. The van der Waals surface area contributed by atoms with Gasteiger partial charge in [-0.15, -0.1) is 4.36 Å². The Morgan fingerprint density at radius 3 is 2.65 bits per heavy atom. The molecule has 0 saturated heterocycles. The van der Waals surface area contributed by atoms with E-state index < -0.39 is 15.9 Å². The van der Waals surface area contributed by atoms with Crippen LogP contribution in [0, 0.1) is 0 Å². The number of nitrogens with two attached hydrogens (primary N) is 1. The molecule has 10 heteroatoms.